The topological polar surface area (TPSA) is 85.8 Å². The molecule has 0 fully saturated rings. The van der Waals surface area contributed by atoms with Gasteiger partial charge in [0.25, 0.3) is 5.91 Å². The fourth-order valence-corrected chi connectivity index (χ4v) is 2.03. The third-order valence-corrected chi connectivity index (χ3v) is 3.38. The molecule has 21 heavy (non-hydrogen) atoms. The number of benzene rings is 1. The molecule has 0 radical (unpaired) electrons. The lowest BCUT2D eigenvalue weighted by molar-refractivity contribution is 0.0940. The molecular weight excluding hydrogens is 266 g/mol. The molecule has 0 aliphatic carbocycles. The zero-order valence-corrected chi connectivity index (χ0v) is 12.4. The number of hydrogen-bond acceptors (Lipinski definition) is 4. The average Bonchev–Trinajstić information content (AvgIpc) is 2.95. The Labute approximate surface area is 124 Å². The Hall–Kier alpha value is -2.21. The summed E-state index contributed by atoms with van der Waals surface area (Å²) in [4.78, 5) is 12.1. The maximum atomic E-state index is 12.1. The average molecular weight is 287 g/mol. The van der Waals surface area contributed by atoms with Crippen LogP contribution in [-0.4, -0.2) is 34.0 Å². The number of amides is 1. The first-order chi connectivity index (χ1) is 10.0. The second kappa shape index (κ2) is 6.49. The van der Waals surface area contributed by atoms with Crippen LogP contribution in [0.4, 0.5) is 0 Å². The predicted octanol–water partition coefficient (Wildman–Crippen LogP) is 0.944. The highest BCUT2D eigenvalue weighted by atomic mass is 16.2. The van der Waals surface area contributed by atoms with Gasteiger partial charge < -0.3 is 11.1 Å². The molecule has 0 aliphatic rings. The first kappa shape index (κ1) is 15.2. The van der Waals surface area contributed by atoms with Crippen LogP contribution >= 0.6 is 0 Å². The highest BCUT2D eigenvalue weighted by Gasteiger charge is 2.22. The molecule has 0 saturated carbocycles. The zero-order chi connectivity index (χ0) is 15.3. The normalized spacial score (nSPS) is 11.4. The molecule has 112 valence electrons. The minimum atomic E-state index is -0.220. The Kier molecular flexibility index (Phi) is 4.70. The summed E-state index contributed by atoms with van der Waals surface area (Å²) in [6.07, 6.45) is 1.61. The fraction of sp³-hybridized carbons (Fsp3) is 0.400. The van der Waals surface area contributed by atoms with Crippen molar-refractivity contribution in [2.45, 2.75) is 25.8 Å². The summed E-state index contributed by atoms with van der Waals surface area (Å²) in [5, 5.41) is 10.6. The van der Waals surface area contributed by atoms with Gasteiger partial charge in [-0.25, -0.2) is 0 Å². The molecule has 1 heterocycles. The molecule has 0 spiro atoms. The lowest BCUT2D eigenvalue weighted by atomic mass is 9.84. The van der Waals surface area contributed by atoms with Gasteiger partial charge in [-0.05, 0) is 5.56 Å². The van der Waals surface area contributed by atoms with E-state index in [1.807, 2.05) is 18.2 Å². The zero-order valence-electron chi connectivity index (χ0n) is 12.4. The Morgan fingerprint density at radius 2 is 2.05 bits per heavy atom. The van der Waals surface area contributed by atoms with E-state index in [-0.39, 0.29) is 11.3 Å². The number of carbonyl (C=O) groups is 1. The Morgan fingerprint density at radius 1 is 1.33 bits per heavy atom. The van der Waals surface area contributed by atoms with Crippen molar-refractivity contribution in [2.75, 3.05) is 13.1 Å². The first-order valence-corrected chi connectivity index (χ1v) is 6.97. The molecule has 3 N–H and O–H groups in total. The summed E-state index contributed by atoms with van der Waals surface area (Å²) in [5.41, 5.74) is 6.78. The van der Waals surface area contributed by atoms with Gasteiger partial charge in [0.15, 0.2) is 5.69 Å². The third kappa shape index (κ3) is 3.88. The number of nitrogens with one attached hydrogen (secondary N) is 1. The van der Waals surface area contributed by atoms with Crippen LogP contribution in [0.15, 0.2) is 36.5 Å². The summed E-state index contributed by atoms with van der Waals surface area (Å²) in [5.74, 6) is -0.220. The molecule has 0 unspecified atom stereocenters. The second-order valence-electron chi connectivity index (χ2n) is 5.59. The van der Waals surface area contributed by atoms with Gasteiger partial charge in [-0.15, -0.1) is 5.10 Å². The van der Waals surface area contributed by atoms with Crippen molar-refractivity contribution in [3.8, 4) is 0 Å². The van der Waals surface area contributed by atoms with Crippen LogP contribution in [0, 0.1) is 0 Å². The van der Waals surface area contributed by atoms with Crippen LogP contribution < -0.4 is 11.1 Å². The molecule has 1 aromatic heterocycles. The van der Waals surface area contributed by atoms with Gasteiger partial charge in [-0.3, -0.25) is 9.48 Å². The lowest BCUT2D eigenvalue weighted by Gasteiger charge is -2.25. The minimum Gasteiger partial charge on any atom is -0.350 e. The first-order valence-electron chi connectivity index (χ1n) is 6.97. The standard InChI is InChI=1S/C15H21N5O/c1-15(2,12-6-4-3-5-7-12)11-17-14(21)13-10-20(9-8-16)19-18-13/h3-7,10H,8-9,11,16H2,1-2H3,(H,17,21). The van der Waals surface area contributed by atoms with E-state index in [0.717, 1.165) is 0 Å². The van der Waals surface area contributed by atoms with Gasteiger partial charge in [-0.1, -0.05) is 49.4 Å². The van der Waals surface area contributed by atoms with E-state index in [9.17, 15) is 4.79 Å². The van der Waals surface area contributed by atoms with Crippen molar-refractivity contribution in [1.29, 1.82) is 0 Å². The molecule has 6 heteroatoms. The van der Waals surface area contributed by atoms with Gasteiger partial charge in [0, 0.05) is 18.5 Å². The van der Waals surface area contributed by atoms with Crippen molar-refractivity contribution < 1.29 is 4.79 Å². The van der Waals surface area contributed by atoms with Gasteiger partial charge in [-0.2, -0.15) is 0 Å². The number of aromatic nitrogens is 3. The SMILES string of the molecule is CC(C)(CNC(=O)c1cn(CCN)nn1)c1ccccc1. The largest absolute Gasteiger partial charge is 0.350 e. The van der Waals surface area contributed by atoms with E-state index in [2.05, 4.69) is 41.6 Å². The van der Waals surface area contributed by atoms with Crippen molar-refractivity contribution in [1.82, 2.24) is 20.3 Å². The maximum Gasteiger partial charge on any atom is 0.273 e. The van der Waals surface area contributed by atoms with E-state index < -0.39 is 0 Å². The highest BCUT2D eigenvalue weighted by Crippen LogP contribution is 2.21. The number of carbonyl (C=O) groups excluding carboxylic acids is 1. The molecule has 2 aromatic rings. The van der Waals surface area contributed by atoms with Gasteiger partial charge in [0.05, 0.1) is 12.7 Å². The Balaban J connectivity index is 1.96. The van der Waals surface area contributed by atoms with E-state index in [0.29, 0.717) is 25.3 Å². The molecule has 0 aliphatic heterocycles. The monoisotopic (exact) mass is 287 g/mol. The number of nitrogens with zero attached hydrogens (tertiary/aromatic N) is 3. The Bertz CT molecular complexity index is 591. The minimum absolute atomic E-state index is 0.149. The highest BCUT2D eigenvalue weighted by molar-refractivity contribution is 5.91. The van der Waals surface area contributed by atoms with Crippen LogP contribution in [0.25, 0.3) is 0 Å². The van der Waals surface area contributed by atoms with Gasteiger partial charge in [0.1, 0.15) is 0 Å². The van der Waals surface area contributed by atoms with Crippen LogP contribution in [0.1, 0.15) is 29.9 Å². The summed E-state index contributed by atoms with van der Waals surface area (Å²) >= 11 is 0. The maximum absolute atomic E-state index is 12.1. The summed E-state index contributed by atoms with van der Waals surface area (Å²) < 4.78 is 1.57. The fourth-order valence-electron chi connectivity index (χ4n) is 2.03. The van der Waals surface area contributed by atoms with Crippen LogP contribution in [0.3, 0.4) is 0 Å². The molecule has 0 bridgehead atoms. The number of rotatable bonds is 6. The van der Waals surface area contributed by atoms with Crippen LogP contribution in [0.5, 0.6) is 0 Å². The van der Waals surface area contributed by atoms with Crippen molar-refractivity contribution >= 4 is 5.91 Å². The van der Waals surface area contributed by atoms with Crippen LogP contribution in [0.2, 0.25) is 0 Å². The van der Waals surface area contributed by atoms with Crippen molar-refractivity contribution in [2.24, 2.45) is 5.73 Å². The molecular formula is C15H21N5O. The second-order valence-corrected chi connectivity index (χ2v) is 5.59. The van der Waals surface area contributed by atoms with E-state index in [1.165, 1.54) is 5.56 Å². The summed E-state index contributed by atoms with van der Waals surface area (Å²) in [6, 6.07) is 10.1. The Morgan fingerprint density at radius 3 is 2.71 bits per heavy atom. The molecule has 1 amide bonds. The van der Waals surface area contributed by atoms with E-state index in [1.54, 1.807) is 10.9 Å². The quantitative estimate of drug-likeness (QED) is 0.828. The predicted molar refractivity (Wildman–Crippen MR) is 80.9 cm³/mol. The summed E-state index contributed by atoms with van der Waals surface area (Å²) in [7, 11) is 0. The van der Waals surface area contributed by atoms with Crippen molar-refractivity contribution in [3.63, 3.8) is 0 Å². The number of nitrogens with two attached hydrogens (primary N) is 1. The van der Waals surface area contributed by atoms with Gasteiger partial charge >= 0.3 is 0 Å². The molecule has 0 saturated heterocycles. The van der Waals surface area contributed by atoms with E-state index >= 15 is 0 Å². The molecule has 1 aromatic carbocycles. The lowest BCUT2D eigenvalue weighted by Crippen LogP contribution is -2.36. The summed E-state index contributed by atoms with van der Waals surface area (Å²) in [6.45, 7) is 5.72. The molecule has 6 nitrogen and oxygen atoms in total. The molecule has 0 atom stereocenters. The smallest absolute Gasteiger partial charge is 0.273 e. The van der Waals surface area contributed by atoms with Gasteiger partial charge in [0.2, 0.25) is 0 Å². The van der Waals surface area contributed by atoms with Crippen molar-refractivity contribution in [3.05, 3.63) is 47.8 Å². The van der Waals surface area contributed by atoms with Crippen LogP contribution in [-0.2, 0) is 12.0 Å². The van der Waals surface area contributed by atoms with E-state index in [4.69, 9.17) is 5.73 Å². The number of hydrogen-bond donors (Lipinski definition) is 2. The third-order valence-electron chi connectivity index (χ3n) is 3.38. The molecule has 2 rings (SSSR count).